The lowest BCUT2D eigenvalue weighted by Gasteiger charge is -2.39. The SMILES string of the molecule is NC(=O)CCC(N)CC(=O)N1CC(Oc2ccc3c(c2C(=O)O)OB(O)CC3)C1.O=C(O)C(F)(F)F. The number of carbonyl (C=O) groups is 4. The number of carbonyl (C=O) groups excluding carboxylic acids is 2. The van der Waals surface area contributed by atoms with Crippen molar-refractivity contribution in [3.63, 3.8) is 0 Å². The molecule has 2 aliphatic rings. The first-order valence-electron chi connectivity index (χ1n) is 10.7. The first-order chi connectivity index (χ1) is 16.7. The third kappa shape index (κ3) is 8.01. The van der Waals surface area contributed by atoms with E-state index in [4.69, 9.17) is 30.8 Å². The quantitative estimate of drug-likeness (QED) is 0.291. The summed E-state index contributed by atoms with van der Waals surface area (Å²) in [5.41, 5.74) is 11.5. The maximum absolute atomic E-state index is 12.2. The lowest BCUT2D eigenvalue weighted by atomic mass is 9.78. The van der Waals surface area contributed by atoms with Gasteiger partial charge >= 0.3 is 25.2 Å². The van der Waals surface area contributed by atoms with Crippen LogP contribution in [0.1, 0.15) is 35.2 Å². The zero-order valence-corrected chi connectivity index (χ0v) is 18.9. The number of carboxylic acid groups (broad SMARTS) is 2. The molecule has 1 fully saturated rings. The fourth-order valence-electron chi connectivity index (χ4n) is 3.39. The van der Waals surface area contributed by atoms with E-state index in [9.17, 15) is 37.7 Å². The van der Waals surface area contributed by atoms with Crippen molar-refractivity contribution in [3.8, 4) is 11.5 Å². The second-order valence-electron chi connectivity index (χ2n) is 8.15. The lowest BCUT2D eigenvalue weighted by molar-refractivity contribution is -0.192. The normalized spacial score (nSPS) is 15.9. The number of hydrogen-bond donors (Lipinski definition) is 5. The molecule has 0 aliphatic carbocycles. The third-order valence-electron chi connectivity index (χ3n) is 5.26. The Labute approximate surface area is 203 Å². The highest BCUT2D eigenvalue weighted by molar-refractivity contribution is 6.44. The van der Waals surface area contributed by atoms with Crippen molar-refractivity contribution in [2.24, 2.45) is 11.5 Å². The number of benzene rings is 1. The monoisotopic (exact) mass is 519 g/mol. The largest absolute Gasteiger partial charge is 0.535 e. The van der Waals surface area contributed by atoms with Crippen LogP contribution in [0.25, 0.3) is 0 Å². The van der Waals surface area contributed by atoms with Crippen molar-refractivity contribution in [2.45, 2.75) is 50.3 Å². The summed E-state index contributed by atoms with van der Waals surface area (Å²) in [5.74, 6) is -4.31. The fourth-order valence-corrected chi connectivity index (χ4v) is 3.39. The van der Waals surface area contributed by atoms with E-state index < -0.39 is 37.2 Å². The third-order valence-corrected chi connectivity index (χ3v) is 5.26. The van der Waals surface area contributed by atoms with Crippen LogP contribution in [0.3, 0.4) is 0 Å². The molecular weight excluding hydrogens is 494 g/mol. The van der Waals surface area contributed by atoms with Gasteiger partial charge in [0.25, 0.3) is 0 Å². The average Bonchev–Trinajstić information content (AvgIpc) is 2.73. The predicted octanol–water partition coefficient (Wildman–Crippen LogP) is 0.00600. The van der Waals surface area contributed by atoms with Crippen LogP contribution in [-0.2, 0) is 20.8 Å². The van der Waals surface area contributed by atoms with Gasteiger partial charge in [0.15, 0.2) is 0 Å². The number of likely N-dealkylation sites (tertiary alicyclic amines) is 1. The Morgan fingerprint density at radius 2 is 1.83 bits per heavy atom. The van der Waals surface area contributed by atoms with Gasteiger partial charge in [-0.05, 0) is 30.8 Å². The summed E-state index contributed by atoms with van der Waals surface area (Å²) in [6.07, 6.45) is -3.95. The van der Waals surface area contributed by atoms with Crippen molar-refractivity contribution >= 4 is 30.9 Å². The lowest BCUT2D eigenvalue weighted by Crippen LogP contribution is -2.57. The molecule has 1 aromatic carbocycles. The summed E-state index contributed by atoms with van der Waals surface area (Å²) in [4.78, 5) is 45.2. The fraction of sp³-hybridized carbons (Fsp3) is 0.500. The average molecular weight is 519 g/mol. The van der Waals surface area contributed by atoms with Crippen LogP contribution in [0.5, 0.6) is 11.5 Å². The van der Waals surface area contributed by atoms with Crippen LogP contribution >= 0.6 is 0 Å². The number of carboxylic acids is 2. The smallest absolute Gasteiger partial charge is 0.522 e. The number of aromatic carboxylic acids is 1. The number of aryl methyl sites for hydroxylation is 1. The molecule has 1 aromatic rings. The highest BCUT2D eigenvalue weighted by Crippen LogP contribution is 2.37. The molecular formula is C20H25BF3N3O9. The number of amides is 2. The minimum atomic E-state index is -5.08. The molecule has 7 N–H and O–H groups in total. The van der Waals surface area contributed by atoms with E-state index in [1.54, 1.807) is 17.0 Å². The first-order valence-corrected chi connectivity index (χ1v) is 10.7. The van der Waals surface area contributed by atoms with Crippen LogP contribution in [-0.4, -0.2) is 82.4 Å². The molecule has 1 atom stereocenters. The maximum atomic E-state index is 12.2. The Hall–Kier alpha value is -3.53. The van der Waals surface area contributed by atoms with Gasteiger partial charge in [-0.2, -0.15) is 13.2 Å². The van der Waals surface area contributed by atoms with Crippen molar-refractivity contribution in [3.05, 3.63) is 23.3 Å². The van der Waals surface area contributed by atoms with Gasteiger partial charge in [0, 0.05) is 18.9 Å². The van der Waals surface area contributed by atoms with E-state index in [0.29, 0.717) is 37.8 Å². The van der Waals surface area contributed by atoms with Crippen LogP contribution in [0.2, 0.25) is 6.32 Å². The molecule has 0 saturated carbocycles. The number of nitrogens with two attached hydrogens (primary N) is 2. The number of ether oxygens (including phenoxy) is 1. The second kappa shape index (κ2) is 11.9. The zero-order valence-electron chi connectivity index (χ0n) is 18.9. The van der Waals surface area contributed by atoms with Crippen LogP contribution in [0.15, 0.2) is 12.1 Å². The molecule has 2 heterocycles. The first kappa shape index (κ1) is 28.7. The van der Waals surface area contributed by atoms with Gasteiger partial charge in [-0.1, -0.05) is 6.07 Å². The zero-order chi connectivity index (χ0) is 27.2. The second-order valence-corrected chi connectivity index (χ2v) is 8.15. The van der Waals surface area contributed by atoms with Gasteiger partial charge in [-0.3, -0.25) is 9.59 Å². The number of hydrogen-bond acceptors (Lipinski definition) is 8. The Bertz CT molecular complexity index is 1000. The van der Waals surface area contributed by atoms with Crippen LogP contribution in [0, 0.1) is 0 Å². The minimum absolute atomic E-state index is 0.102. The highest BCUT2D eigenvalue weighted by atomic mass is 19.4. The van der Waals surface area contributed by atoms with E-state index in [1.807, 2.05) is 0 Å². The molecule has 0 radical (unpaired) electrons. The van der Waals surface area contributed by atoms with Gasteiger partial charge in [-0.25, -0.2) is 9.59 Å². The molecule has 12 nitrogen and oxygen atoms in total. The van der Waals surface area contributed by atoms with Gasteiger partial charge in [-0.15, -0.1) is 0 Å². The standard InChI is InChI=1S/C18H24BN3O7.C2HF3O2/c20-11(2-4-14(21)23)7-15(24)22-8-12(9-22)28-13-3-1-10-5-6-19(27)29-17(10)16(13)18(25)26;3-2(4,5)1(6)7/h1,3,11-12,27H,2,4-9,20H2,(H2,21,23)(H,25,26);(H,6,7). The number of alkyl halides is 3. The minimum Gasteiger partial charge on any atom is -0.535 e. The van der Waals surface area contributed by atoms with Crippen molar-refractivity contribution in [2.75, 3.05) is 13.1 Å². The molecule has 16 heteroatoms. The number of primary amides is 1. The molecule has 0 aromatic heterocycles. The maximum Gasteiger partial charge on any atom is 0.522 e. The number of nitrogens with zero attached hydrogens (tertiary/aromatic N) is 1. The van der Waals surface area contributed by atoms with Gasteiger partial charge < -0.3 is 41.0 Å². The molecule has 0 bridgehead atoms. The Kier molecular flexibility index (Phi) is 9.52. The molecule has 3 rings (SSSR count). The van der Waals surface area contributed by atoms with Crippen molar-refractivity contribution in [1.29, 1.82) is 0 Å². The van der Waals surface area contributed by atoms with Crippen molar-refractivity contribution in [1.82, 2.24) is 4.90 Å². The summed E-state index contributed by atoms with van der Waals surface area (Å²) >= 11 is 0. The van der Waals surface area contributed by atoms with E-state index in [0.717, 1.165) is 0 Å². The number of fused-ring (bicyclic) bond motifs is 1. The molecule has 1 saturated heterocycles. The molecule has 36 heavy (non-hydrogen) atoms. The molecule has 0 spiro atoms. The van der Waals surface area contributed by atoms with E-state index in [2.05, 4.69) is 0 Å². The Morgan fingerprint density at radius 3 is 2.36 bits per heavy atom. The topological polar surface area (TPSA) is 203 Å². The number of rotatable bonds is 8. The van der Waals surface area contributed by atoms with Gasteiger partial charge in [0.05, 0.1) is 13.1 Å². The van der Waals surface area contributed by atoms with Gasteiger partial charge in [0.1, 0.15) is 23.2 Å². The highest BCUT2D eigenvalue weighted by Gasteiger charge is 2.38. The molecule has 2 amide bonds. The van der Waals surface area contributed by atoms with E-state index in [-0.39, 0.29) is 41.9 Å². The van der Waals surface area contributed by atoms with Crippen LogP contribution < -0.4 is 20.9 Å². The summed E-state index contributed by atoms with van der Waals surface area (Å²) in [5, 5.41) is 26.4. The number of aliphatic carboxylic acids is 1. The Morgan fingerprint density at radius 1 is 1.22 bits per heavy atom. The predicted molar refractivity (Wildman–Crippen MR) is 116 cm³/mol. The Balaban J connectivity index is 0.000000572. The van der Waals surface area contributed by atoms with Gasteiger partial charge in [0.2, 0.25) is 11.8 Å². The molecule has 198 valence electrons. The van der Waals surface area contributed by atoms with Crippen molar-refractivity contribution < 1.29 is 57.0 Å². The summed E-state index contributed by atoms with van der Waals surface area (Å²) in [6, 6.07) is 2.86. The van der Waals surface area contributed by atoms with E-state index in [1.165, 1.54) is 0 Å². The molecule has 1 unspecified atom stereocenters. The summed E-state index contributed by atoms with van der Waals surface area (Å²) in [6.45, 7) is 0.613. The molecule has 2 aliphatic heterocycles. The number of halogens is 3. The summed E-state index contributed by atoms with van der Waals surface area (Å²) < 4.78 is 42.8. The van der Waals surface area contributed by atoms with Crippen LogP contribution in [0.4, 0.5) is 13.2 Å². The van der Waals surface area contributed by atoms with E-state index >= 15 is 0 Å². The summed E-state index contributed by atoms with van der Waals surface area (Å²) in [7, 11) is -1.05.